The molecule has 1 saturated heterocycles. The Morgan fingerprint density at radius 1 is 1.33 bits per heavy atom. The zero-order valence-corrected chi connectivity index (χ0v) is 12.2. The number of benzene rings is 1. The fraction of sp³-hybridized carbons (Fsp3) is 0.308. The van der Waals surface area contributed by atoms with Crippen LogP contribution in [-0.2, 0) is 19.1 Å². The number of hydrogen-bond donors (Lipinski definition) is 1. The van der Waals surface area contributed by atoms with Crippen LogP contribution < -0.4 is 5.32 Å². The Bertz CT molecular complexity index is 590. The van der Waals surface area contributed by atoms with E-state index in [4.69, 9.17) is 27.9 Å². The SMILES string of the molecule is O=C(CNC(=O)c1ccc(Cl)c(Cl)c1)O[C@@H]1CCOC1=O. The van der Waals surface area contributed by atoms with E-state index >= 15 is 0 Å². The molecular weight excluding hydrogens is 321 g/mol. The molecule has 8 heteroatoms. The second-order valence-corrected chi connectivity index (χ2v) is 5.06. The van der Waals surface area contributed by atoms with Crippen LogP contribution in [0.2, 0.25) is 10.0 Å². The fourth-order valence-corrected chi connectivity index (χ4v) is 1.97. The lowest BCUT2D eigenvalue weighted by molar-refractivity contribution is -0.159. The van der Waals surface area contributed by atoms with Crippen molar-refractivity contribution in [3.63, 3.8) is 0 Å². The van der Waals surface area contributed by atoms with Crippen LogP contribution in [-0.4, -0.2) is 37.1 Å². The van der Waals surface area contributed by atoms with Crippen molar-refractivity contribution in [3.8, 4) is 0 Å². The minimum atomic E-state index is -0.889. The van der Waals surface area contributed by atoms with Crippen molar-refractivity contribution in [1.29, 1.82) is 0 Å². The molecule has 1 aliphatic rings. The predicted molar refractivity (Wildman–Crippen MR) is 74.3 cm³/mol. The predicted octanol–water partition coefficient (Wildman–Crippen LogP) is 1.58. The van der Waals surface area contributed by atoms with E-state index in [0.717, 1.165) is 0 Å². The lowest BCUT2D eigenvalue weighted by Gasteiger charge is -2.09. The lowest BCUT2D eigenvalue weighted by Crippen LogP contribution is -2.33. The molecule has 0 saturated carbocycles. The van der Waals surface area contributed by atoms with Crippen molar-refractivity contribution in [1.82, 2.24) is 5.32 Å². The van der Waals surface area contributed by atoms with E-state index in [0.29, 0.717) is 11.4 Å². The van der Waals surface area contributed by atoms with Crippen molar-refractivity contribution >= 4 is 41.0 Å². The van der Waals surface area contributed by atoms with Crippen LogP contribution in [0.25, 0.3) is 0 Å². The van der Waals surface area contributed by atoms with Gasteiger partial charge in [0.05, 0.1) is 16.7 Å². The highest BCUT2D eigenvalue weighted by Crippen LogP contribution is 2.22. The average Bonchev–Trinajstić information content (AvgIpc) is 2.84. The third kappa shape index (κ3) is 4.09. The maximum atomic E-state index is 11.8. The highest BCUT2D eigenvalue weighted by molar-refractivity contribution is 6.42. The Hall–Kier alpha value is -1.79. The molecule has 1 aromatic rings. The molecule has 0 aromatic heterocycles. The van der Waals surface area contributed by atoms with Crippen LogP contribution in [0.15, 0.2) is 18.2 Å². The molecule has 1 amide bonds. The molecular formula is C13H11Cl2NO5. The average molecular weight is 332 g/mol. The first-order chi connectivity index (χ1) is 9.97. The lowest BCUT2D eigenvalue weighted by atomic mass is 10.2. The summed E-state index contributed by atoms with van der Waals surface area (Å²) in [5.41, 5.74) is 0.262. The Morgan fingerprint density at radius 3 is 2.71 bits per heavy atom. The van der Waals surface area contributed by atoms with Gasteiger partial charge in [0.25, 0.3) is 5.91 Å². The van der Waals surface area contributed by atoms with Gasteiger partial charge in [-0.25, -0.2) is 4.79 Å². The minimum Gasteiger partial charge on any atom is -0.463 e. The maximum absolute atomic E-state index is 11.8. The quantitative estimate of drug-likeness (QED) is 0.847. The summed E-state index contributed by atoms with van der Waals surface area (Å²) in [7, 11) is 0. The number of amides is 1. The molecule has 1 heterocycles. The molecule has 21 heavy (non-hydrogen) atoms. The van der Waals surface area contributed by atoms with Crippen molar-refractivity contribution in [2.45, 2.75) is 12.5 Å². The van der Waals surface area contributed by atoms with Gasteiger partial charge in [0.1, 0.15) is 6.54 Å². The number of rotatable bonds is 4. The van der Waals surface area contributed by atoms with Crippen molar-refractivity contribution in [3.05, 3.63) is 33.8 Å². The fourth-order valence-electron chi connectivity index (χ4n) is 1.68. The summed E-state index contributed by atoms with van der Waals surface area (Å²) in [4.78, 5) is 34.4. The van der Waals surface area contributed by atoms with Crippen molar-refractivity contribution < 1.29 is 23.9 Å². The smallest absolute Gasteiger partial charge is 0.347 e. The van der Waals surface area contributed by atoms with E-state index < -0.39 is 23.9 Å². The molecule has 1 aromatic carbocycles. The number of halogens is 2. The molecule has 0 unspecified atom stereocenters. The Kier molecular flexibility index (Phi) is 5.03. The third-order valence-electron chi connectivity index (χ3n) is 2.74. The van der Waals surface area contributed by atoms with Gasteiger partial charge in [-0.2, -0.15) is 0 Å². The first kappa shape index (κ1) is 15.6. The van der Waals surface area contributed by atoms with Crippen LogP contribution in [0.5, 0.6) is 0 Å². The van der Waals surface area contributed by atoms with Gasteiger partial charge in [0, 0.05) is 12.0 Å². The number of ether oxygens (including phenoxy) is 2. The summed E-state index contributed by atoms with van der Waals surface area (Å²) >= 11 is 11.5. The second kappa shape index (κ2) is 6.78. The second-order valence-electron chi connectivity index (χ2n) is 4.25. The summed E-state index contributed by atoms with van der Waals surface area (Å²) in [5, 5.41) is 2.93. The van der Waals surface area contributed by atoms with Gasteiger partial charge in [-0.1, -0.05) is 23.2 Å². The number of carbonyl (C=O) groups excluding carboxylic acids is 3. The van der Waals surface area contributed by atoms with Gasteiger partial charge in [-0.3, -0.25) is 9.59 Å². The minimum absolute atomic E-state index is 0.229. The van der Waals surface area contributed by atoms with Gasteiger partial charge in [0.2, 0.25) is 6.10 Å². The number of nitrogens with one attached hydrogen (secondary N) is 1. The molecule has 1 N–H and O–H groups in total. The zero-order chi connectivity index (χ0) is 15.4. The van der Waals surface area contributed by atoms with E-state index in [2.05, 4.69) is 10.1 Å². The van der Waals surface area contributed by atoms with E-state index in [-0.39, 0.29) is 23.7 Å². The molecule has 112 valence electrons. The molecule has 0 radical (unpaired) electrons. The van der Waals surface area contributed by atoms with Gasteiger partial charge < -0.3 is 14.8 Å². The first-order valence-electron chi connectivity index (χ1n) is 6.07. The van der Waals surface area contributed by atoms with Gasteiger partial charge >= 0.3 is 11.9 Å². The van der Waals surface area contributed by atoms with E-state index in [1.807, 2.05) is 0 Å². The molecule has 0 bridgehead atoms. The standard InChI is InChI=1S/C13H11Cl2NO5/c14-8-2-1-7(5-9(8)15)12(18)16-6-11(17)21-10-3-4-20-13(10)19/h1-2,5,10H,3-4,6H2,(H,16,18)/t10-/m1/s1. The van der Waals surface area contributed by atoms with Gasteiger partial charge in [-0.05, 0) is 18.2 Å². The highest BCUT2D eigenvalue weighted by atomic mass is 35.5. The Balaban J connectivity index is 1.84. The van der Waals surface area contributed by atoms with E-state index in [1.165, 1.54) is 18.2 Å². The molecule has 6 nitrogen and oxygen atoms in total. The van der Waals surface area contributed by atoms with Crippen LogP contribution in [0.1, 0.15) is 16.8 Å². The summed E-state index contributed by atoms with van der Waals surface area (Å²) in [6, 6.07) is 4.34. The molecule has 2 rings (SSSR count). The molecule has 1 fully saturated rings. The van der Waals surface area contributed by atoms with Crippen LogP contribution in [0.3, 0.4) is 0 Å². The van der Waals surface area contributed by atoms with Crippen molar-refractivity contribution in [2.24, 2.45) is 0 Å². The molecule has 0 aliphatic carbocycles. The number of cyclic esters (lactones) is 1. The monoisotopic (exact) mass is 331 g/mol. The largest absolute Gasteiger partial charge is 0.463 e. The van der Waals surface area contributed by atoms with E-state index in [9.17, 15) is 14.4 Å². The maximum Gasteiger partial charge on any atom is 0.347 e. The third-order valence-corrected chi connectivity index (χ3v) is 3.48. The van der Waals surface area contributed by atoms with Crippen molar-refractivity contribution in [2.75, 3.05) is 13.2 Å². The Morgan fingerprint density at radius 2 is 2.10 bits per heavy atom. The first-order valence-corrected chi connectivity index (χ1v) is 6.82. The number of esters is 2. The van der Waals surface area contributed by atoms with Gasteiger partial charge in [-0.15, -0.1) is 0 Å². The Labute approximate surface area is 130 Å². The summed E-state index contributed by atoms with van der Waals surface area (Å²) in [6.07, 6.45) is -0.565. The number of carbonyl (C=O) groups is 3. The summed E-state index contributed by atoms with van der Waals surface area (Å²) in [6.45, 7) is -0.130. The highest BCUT2D eigenvalue weighted by Gasteiger charge is 2.30. The van der Waals surface area contributed by atoms with E-state index in [1.54, 1.807) is 0 Å². The number of hydrogen-bond acceptors (Lipinski definition) is 5. The van der Waals surface area contributed by atoms with Crippen LogP contribution in [0.4, 0.5) is 0 Å². The zero-order valence-electron chi connectivity index (χ0n) is 10.7. The summed E-state index contributed by atoms with van der Waals surface area (Å²) in [5.74, 6) is -1.79. The topological polar surface area (TPSA) is 81.7 Å². The molecule has 1 aliphatic heterocycles. The molecule has 0 spiro atoms. The van der Waals surface area contributed by atoms with Crippen LogP contribution >= 0.6 is 23.2 Å². The normalized spacial score (nSPS) is 17.2. The van der Waals surface area contributed by atoms with Gasteiger partial charge in [0.15, 0.2) is 0 Å². The summed E-state index contributed by atoms with van der Waals surface area (Å²) < 4.78 is 9.53. The molecule has 1 atom stereocenters. The van der Waals surface area contributed by atoms with Crippen LogP contribution in [0, 0.1) is 0 Å².